The Bertz CT molecular complexity index is 782. The summed E-state index contributed by atoms with van der Waals surface area (Å²) >= 11 is 1.55. The molecule has 0 aliphatic carbocycles. The van der Waals surface area contributed by atoms with Crippen LogP contribution in [0, 0.1) is 11.7 Å². The number of imidazole rings is 1. The second-order valence-electron chi connectivity index (χ2n) is 5.88. The van der Waals surface area contributed by atoms with Gasteiger partial charge >= 0.3 is 0 Å². The summed E-state index contributed by atoms with van der Waals surface area (Å²) in [5.74, 6) is 0.0773. The van der Waals surface area contributed by atoms with Gasteiger partial charge in [0.05, 0.1) is 11.9 Å². The van der Waals surface area contributed by atoms with Gasteiger partial charge in [-0.05, 0) is 43.0 Å². The maximum Gasteiger partial charge on any atom is 0.214 e. The van der Waals surface area contributed by atoms with Crippen LogP contribution in [-0.4, -0.2) is 39.4 Å². The molecule has 1 atom stereocenters. The summed E-state index contributed by atoms with van der Waals surface area (Å²) in [6.45, 7) is 2.05. The summed E-state index contributed by atoms with van der Waals surface area (Å²) in [6, 6.07) is 6.31. The molecule has 0 amide bonds. The summed E-state index contributed by atoms with van der Waals surface area (Å²) in [7, 11) is 0. The first-order valence-electron chi connectivity index (χ1n) is 7.71. The average molecular weight is 332 g/mol. The van der Waals surface area contributed by atoms with Crippen LogP contribution in [0.4, 0.5) is 9.52 Å². The van der Waals surface area contributed by atoms with E-state index in [0.717, 1.165) is 47.3 Å². The van der Waals surface area contributed by atoms with Crippen molar-refractivity contribution in [2.45, 2.75) is 12.8 Å². The SMILES string of the molecule is OCC1CCCN(c2nn3cc(-c4ccc(F)cc4)nc3s2)C1. The number of piperidine rings is 1. The van der Waals surface area contributed by atoms with Crippen molar-refractivity contribution in [2.75, 3.05) is 24.6 Å². The molecule has 2 aromatic heterocycles. The third-order valence-corrected chi connectivity index (χ3v) is 5.20. The molecule has 1 aliphatic rings. The lowest BCUT2D eigenvalue weighted by Gasteiger charge is -2.31. The summed E-state index contributed by atoms with van der Waals surface area (Å²) in [5.41, 5.74) is 1.67. The highest BCUT2D eigenvalue weighted by molar-refractivity contribution is 7.20. The van der Waals surface area contributed by atoms with Gasteiger partial charge in [-0.1, -0.05) is 11.3 Å². The van der Waals surface area contributed by atoms with Gasteiger partial charge in [-0.3, -0.25) is 0 Å². The van der Waals surface area contributed by atoms with Crippen LogP contribution in [0.25, 0.3) is 16.2 Å². The van der Waals surface area contributed by atoms with Crippen LogP contribution in [-0.2, 0) is 0 Å². The molecule has 3 heterocycles. The summed E-state index contributed by atoms with van der Waals surface area (Å²) in [6.07, 6.45) is 4.02. The van der Waals surface area contributed by atoms with Crippen molar-refractivity contribution in [2.24, 2.45) is 5.92 Å². The van der Waals surface area contributed by atoms with E-state index >= 15 is 0 Å². The van der Waals surface area contributed by atoms with Crippen LogP contribution in [0.1, 0.15) is 12.8 Å². The zero-order valence-electron chi connectivity index (χ0n) is 12.5. The molecule has 1 fully saturated rings. The number of halogens is 1. The number of benzene rings is 1. The summed E-state index contributed by atoms with van der Waals surface area (Å²) in [5, 5.41) is 14.9. The molecule has 0 bridgehead atoms. The van der Waals surface area contributed by atoms with Gasteiger partial charge < -0.3 is 10.0 Å². The van der Waals surface area contributed by atoms with Crippen molar-refractivity contribution in [3.63, 3.8) is 0 Å². The fourth-order valence-electron chi connectivity index (χ4n) is 2.96. The second kappa shape index (κ2) is 5.90. The Morgan fingerprint density at radius 1 is 1.30 bits per heavy atom. The van der Waals surface area contributed by atoms with E-state index in [1.54, 1.807) is 28.0 Å². The summed E-state index contributed by atoms with van der Waals surface area (Å²) in [4.78, 5) is 7.64. The number of hydrogen-bond donors (Lipinski definition) is 1. The zero-order chi connectivity index (χ0) is 15.8. The fourth-order valence-corrected chi connectivity index (χ4v) is 3.88. The van der Waals surface area contributed by atoms with Gasteiger partial charge in [0.2, 0.25) is 10.1 Å². The lowest BCUT2D eigenvalue weighted by Crippen LogP contribution is -2.36. The third kappa shape index (κ3) is 2.82. The molecule has 0 spiro atoms. The number of aliphatic hydroxyl groups excluding tert-OH is 1. The topological polar surface area (TPSA) is 53.7 Å². The van der Waals surface area contributed by atoms with Gasteiger partial charge in [-0.2, -0.15) is 0 Å². The van der Waals surface area contributed by atoms with Gasteiger partial charge in [0.25, 0.3) is 0 Å². The molecule has 0 radical (unpaired) electrons. The molecule has 5 nitrogen and oxygen atoms in total. The lowest BCUT2D eigenvalue weighted by molar-refractivity contribution is 0.208. The first-order chi connectivity index (χ1) is 11.2. The smallest absolute Gasteiger partial charge is 0.214 e. The molecule has 1 aromatic carbocycles. The van der Waals surface area contributed by atoms with E-state index in [2.05, 4.69) is 15.0 Å². The molecular formula is C16H17FN4OS. The number of fused-ring (bicyclic) bond motifs is 1. The van der Waals surface area contributed by atoms with E-state index in [0.29, 0.717) is 5.92 Å². The highest BCUT2D eigenvalue weighted by Gasteiger charge is 2.22. The number of nitrogens with zero attached hydrogens (tertiary/aromatic N) is 4. The average Bonchev–Trinajstić information content (AvgIpc) is 3.14. The minimum absolute atomic E-state index is 0.230. The highest BCUT2D eigenvalue weighted by Crippen LogP contribution is 2.29. The Kier molecular flexibility index (Phi) is 3.74. The monoisotopic (exact) mass is 332 g/mol. The predicted octanol–water partition coefficient (Wildman–Crippen LogP) is 2.81. The maximum atomic E-state index is 13.0. The minimum Gasteiger partial charge on any atom is -0.396 e. The molecule has 4 rings (SSSR count). The van der Waals surface area contributed by atoms with Crippen LogP contribution < -0.4 is 4.90 Å². The van der Waals surface area contributed by atoms with Gasteiger partial charge in [-0.15, -0.1) is 5.10 Å². The van der Waals surface area contributed by atoms with Crippen molar-refractivity contribution in [1.82, 2.24) is 14.6 Å². The normalized spacial score (nSPS) is 18.7. The highest BCUT2D eigenvalue weighted by atomic mass is 32.1. The zero-order valence-corrected chi connectivity index (χ0v) is 13.3. The van der Waals surface area contributed by atoms with Crippen LogP contribution in [0.3, 0.4) is 0 Å². The Balaban J connectivity index is 1.60. The molecule has 7 heteroatoms. The molecule has 1 unspecified atom stereocenters. The quantitative estimate of drug-likeness (QED) is 0.801. The number of aliphatic hydroxyl groups is 1. The Hall–Kier alpha value is -1.99. The van der Waals surface area contributed by atoms with E-state index in [-0.39, 0.29) is 12.4 Å². The first-order valence-corrected chi connectivity index (χ1v) is 8.52. The number of anilines is 1. The van der Waals surface area contributed by atoms with E-state index in [4.69, 9.17) is 0 Å². The molecule has 1 N–H and O–H groups in total. The Morgan fingerprint density at radius 3 is 2.87 bits per heavy atom. The molecule has 120 valence electrons. The van der Waals surface area contributed by atoms with Crippen molar-refractivity contribution < 1.29 is 9.50 Å². The fraction of sp³-hybridized carbons (Fsp3) is 0.375. The first kappa shape index (κ1) is 14.6. The minimum atomic E-state index is -0.251. The summed E-state index contributed by atoms with van der Waals surface area (Å²) < 4.78 is 14.8. The number of rotatable bonds is 3. The van der Waals surface area contributed by atoms with Crippen LogP contribution in [0.5, 0.6) is 0 Å². The molecular weight excluding hydrogens is 315 g/mol. The van der Waals surface area contributed by atoms with E-state index in [1.807, 2.05) is 6.20 Å². The van der Waals surface area contributed by atoms with Crippen molar-refractivity contribution in [3.05, 3.63) is 36.3 Å². The molecule has 3 aromatic rings. The molecule has 1 aliphatic heterocycles. The van der Waals surface area contributed by atoms with Crippen molar-refractivity contribution in [1.29, 1.82) is 0 Å². The second-order valence-corrected chi connectivity index (χ2v) is 6.82. The third-order valence-electron chi connectivity index (χ3n) is 4.22. The standard InChI is InChI=1S/C16H17FN4OS/c17-13-5-3-12(4-6-13)14-9-21-15(18-14)23-16(19-21)20-7-1-2-11(8-20)10-22/h3-6,9,11,22H,1-2,7-8,10H2. The molecule has 23 heavy (non-hydrogen) atoms. The lowest BCUT2D eigenvalue weighted by atomic mass is 10.00. The van der Waals surface area contributed by atoms with Gasteiger partial charge in [-0.25, -0.2) is 13.9 Å². The predicted molar refractivity (Wildman–Crippen MR) is 88.3 cm³/mol. The Labute approximate surface area is 137 Å². The van der Waals surface area contributed by atoms with Crippen LogP contribution in [0.2, 0.25) is 0 Å². The van der Waals surface area contributed by atoms with Gasteiger partial charge in [0, 0.05) is 25.3 Å². The molecule has 1 saturated heterocycles. The van der Waals surface area contributed by atoms with Gasteiger partial charge in [0.1, 0.15) is 5.82 Å². The van der Waals surface area contributed by atoms with Gasteiger partial charge in [0.15, 0.2) is 0 Å². The van der Waals surface area contributed by atoms with Crippen LogP contribution in [0.15, 0.2) is 30.5 Å². The number of aromatic nitrogens is 3. The maximum absolute atomic E-state index is 13.0. The van der Waals surface area contributed by atoms with E-state index < -0.39 is 0 Å². The number of hydrogen-bond acceptors (Lipinski definition) is 5. The van der Waals surface area contributed by atoms with E-state index in [1.165, 1.54) is 12.1 Å². The van der Waals surface area contributed by atoms with E-state index in [9.17, 15) is 9.50 Å². The molecule has 0 saturated carbocycles. The van der Waals surface area contributed by atoms with Crippen molar-refractivity contribution in [3.8, 4) is 11.3 Å². The Morgan fingerprint density at radius 2 is 2.13 bits per heavy atom. The largest absolute Gasteiger partial charge is 0.396 e. The van der Waals surface area contributed by atoms with Crippen LogP contribution >= 0.6 is 11.3 Å². The van der Waals surface area contributed by atoms with Crippen molar-refractivity contribution >= 4 is 21.4 Å².